The van der Waals surface area contributed by atoms with Crippen LogP contribution in [-0.4, -0.2) is 33.9 Å². The maximum Gasteiger partial charge on any atom is 0.475 e. The SMILES string of the molecule is C[C@@]1(N)[C@@H]2O[P@@](=O)(OCc3ccccc3)OCC[C@H]2O[C@H]1n1ccc(=O)[nH]c1=O. The second kappa shape index (κ2) is 7.64. The molecule has 10 nitrogen and oxygen atoms in total. The number of aromatic amines is 1. The van der Waals surface area contributed by atoms with Gasteiger partial charge in [-0.25, -0.2) is 9.36 Å². The lowest BCUT2D eigenvalue weighted by Crippen LogP contribution is -2.54. The molecule has 0 radical (unpaired) electrons. The monoisotopic (exact) mass is 423 g/mol. The summed E-state index contributed by atoms with van der Waals surface area (Å²) >= 11 is 0. The van der Waals surface area contributed by atoms with Crippen LogP contribution in [0.5, 0.6) is 0 Å². The van der Waals surface area contributed by atoms with Crippen molar-refractivity contribution in [1.82, 2.24) is 9.55 Å². The first-order valence-corrected chi connectivity index (χ1v) is 10.6. The minimum Gasteiger partial charge on any atom is -0.350 e. The molecule has 11 heteroatoms. The summed E-state index contributed by atoms with van der Waals surface area (Å²) in [7, 11) is -3.92. The fourth-order valence-electron chi connectivity index (χ4n) is 3.55. The zero-order chi connectivity index (χ0) is 20.6. The molecule has 0 amide bonds. The van der Waals surface area contributed by atoms with Gasteiger partial charge < -0.3 is 10.5 Å². The zero-order valence-corrected chi connectivity index (χ0v) is 16.6. The van der Waals surface area contributed by atoms with E-state index in [4.69, 9.17) is 24.0 Å². The number of H-pyrrole nitrogens is 1. The Hall–Kier alpha value is -2.07. The Kier molecular flexibility index (Phi) is 5.32. The molecule has 156 valence electrons. The van der Waals surface area contributed by atoms with E-state index in [9.17, 15) is 14.2 Å². The van der Waals surface area contributed by atoms with Crippen molar-refractivity contribution in [1.29, 1.82) is 0 Å². The molecule has 2 aliphatic rings. The fourth-order valence-corrected chi connectivity index (χ4v) is 5.02. The van der Waals surface area contributed by atoms with E-state index in [1.807, 2.05) is 30.3 Å². The van der Waals surface area contributed by atoms with Gasteiger partial charge in [-0.05, 0) is 12.5 Å². The van der Waals surface area contributed by atoms with E-state index in [0.29, 0.717) is 6.42 Å². The van der Waals surface area contributed by atoms with Crippen molar-refractivity contribution in [2.45, 2.75) is 43.9 Å². The molecule has 3 heterocycles. The minimum atomic E-state index is -3.92. The summed E-state index contributed by atoms with van der Waals surface area (Å²) in [5.41, 5.74) is 4.86. The molecule has 4 rings (SSSR count). The lowest BCUT2D eigenvalue weighted by atomic mass is 9.92. The van der Waals surface area contributed by atoms with Gasteiger partial charge in [0.25, 0.3) is 5.56 Å². The summed E-state index contributed by atoms with van der Waals surface area (Å²) in [6.45, 7) is 1.75. The molecule has 2 fully saturated rings. The maximum absolute atomic E-state index is 13.1. The molecule has 0 spiro atoms. The van der Waals surface area contributed by atoms with E-state index >= 15 is 0 Å². The highest BCUT2D eigenvalue weighted by molar-refractivity contribution is 7.48. The van der Waals surface area contributed by atoms with Crippen molar-refractivity contribution < 1.29 is 22.9 Å². The second-order valence-corrected chi connectivity index (χ2v) is 8.89. The Bertz CT molecular complexity index is 1040. The number of ether oxygens (including phenoxy) is 1. The molecule has 1 aromatic heterocycles. The molecule has 1 aromatic carbocycles. The van der Waals surface area contributed by atoms with Gasteiger partial charge >= 0.3 is 13.5 Å². The van der Waals surface area contributed by atoms with Crippen LogP contribution in [0.1, 0.15) is 25.1 Å². The number of fused-ring (bicyclic) bond motifs is 1. The van der Waals surface area contributed by atoms with E-state index in [2.05, 4.69) is 4.98 Å². The van der Waals surface area contributed by atoms with Crippen molar-refractivity contribution in [2.24, 2.45) is 5.73 Å². The number of benzene rings is 1. The summed E-state index contributed by atoms with van der Waals surface area (Å²) in [4.78, 5) is 25.7. The molecule has 0 unspecified atom stereocenters. The van der Waals surface area contributed by atoms with Crippen LogP contribution >= 0.6 is 7.82 Å². The first-order valence-electron chi connectivity index (χ1n) is 9.16. The van der Waals surface area contributed by atoms with E-state index in [0.717, 1.165) is 5.56 Å². The van der Waals surface area contributed by atoms with Crippen molar-refractivity contribution in [3.63, 3.8) is 0 Å². The molecule has 5 atom stereocenters. The van der Waals surface area contributed by atoms with Gasteiger partial charge in [0.1, 0.15) is 6.10 Å². The number of nitrogens with two attached hydrogens (primary N) is 1. The molecule has 0 aliphatic carbocycles. The number of nitrogens with zero attached hydrogens (tertiary/aromatic N) is 1. The van der Waals surface area contributed by atoms with Gasteiger partial charge in [-0.3, -0.25) is 27.9 Å². The highest BCUT2D eigenvalue weighted by Gasteiger charge is 2.57. The molecule has 29 heavy (non-hydrogen) atoms. The fraction of sp³-hybridized carbons (Fsp3) is 0.444. The second-order valence-electron chi connectivity index (χ2n) is 7.26. The third kappa shape index (κ3) is 4.00. The number of hydrogen-bond donors (Lipinski definition) is 2. The van der Waals surface area contributed by atoms with E-state index < -0.39 is 43.0 Å². The average Bonchev–Trinajstić information content (AvgIpc) is 2.82. The smallest absolute Gasteiger partial charge is 0.350 e. The van der Waals surface area contributed by atoms with Crippen molar-refractivity contribution in [3.05, 3.63) is 69.0 Å². The molecule has 3 N–H and O–H groups in total. The first-order chi connectivity index (χ1) is 13.8. The quantitative estimate of drug-likeness (QED) is 0.703. The lowest BCUT2D eigenvalue weighted by Gasteiger charge is -2.32. The highest BCUT2D eigenvalue weighted by Crippen LogP contribution is 2.57. The molecular weight excluding hydrogens is 401 g/mol. The van der Waals surface area contributed by atoms with E-state index in [-0.39, 0.29) is 13.2 Å². The first kappa shape index (κ1) is 20.2. The molecule has 2 saturated heterocycles. The number of aromatic nitrogens is 2. The van der Waals surface area contributed by atoms with Crippen LogP contribution < -0.4 is 17.0 Å². The maximum atomic E-state index is 13.1. The van der Waals surface area contributed by atoms with Crippen LogP contribution in [0.4, 0.5) is 0 Å². The summed E-state index contributed by atoms with van der Waals surface area (Å²) in [5, 5.41) is 0. The molecule has 0 bridgehead atoms. The zero-order valence-electron chi connectivity index (χ0n) is 15.7. The topological polar surface area (TPSA) is 135 Å². The number of nitrogens with one attached hydrogen (secondary N) is 1. The van der Waals surface area contributed by atoms with Gasteiger partial charge in [0.2, 0.25) is 0 Å². The molecule has 0 saturated carbocycles. The van der Waals surface area contributed by atoms with Crippen LogP contribution in [-0.2, 0) is 29.5 Å². The van der Waals surface area contributed by atoms with Crippen LogP contribution in [0.2, 0.25) is 0 Å². The Balaban J connectivity index is 1.57. The Morgan fingerprint density at radius 1 is 1.31 bits per heavy atom. The number of hydrogen-bond acceptors (Lipinski definition) is 8. The average molecular weight is 423 g/mol. The molecule has 2 aliphatic heterocycles. The Labute approximate surface area is 166 Å². The van der Waals surface area contributed by atoms with Crippen LogP contribution in [0, 0.1) is 0 Å². The molecule has 2 aromatic rings. The molecular formula is C18H22N3O7P. The van der Waals surface area contributed by atoms with E-state index in [1.165, 1.54) is 16.8 Å². The minimum absolute atomic E-state index is 0.0421. The Morgan fingerprint density at radius 2 is 2.07 bits per heavy atom. The third-order valence-electron chi connectivity index (χ3n) is 5.02. The van der Waals surface area contributed by atoms with Crippen molar-refractivity contribution >= 4 is 7.82 Å². The van der Waals surface area contributed by atoms with Gasteiger partial charge in [0, 0.05) is 18.7 Å². The van der Waals surface area contributed by atoms with Crippen LogP contribution in [0.15, 0.2) is 52.2 Å². The van der Waals surface area contributed by atoms with Gasteiger partial charge in [0.15, 0.2) is 6.23 Å². The third-order valence-corrected chi connectivity index (χ3v) is 6.45. The summed E-state index contributed by atoms with van der Waals surface area (Å²) in [6.07, 6.45) is -0.683. The summed E-state index contributed by atoms with van der Waals surface area (Å²) in [6, 6.07) is 10.4. The van der Waals surface area contributed by atoms with Crippen LogP contribution in [0.25, 0.3) is 0 Å². The normalized spacial score (nSPS) is 34.5. The van der Waals surface area contributed by atoms with Gasteiger partial charge in [-0.1, -0.05) is 30.3 Å². The van der Waals surface area contributed by atoms with Crippen LogP contribution in [0.3, 0.4) is 0 Å². The summed E-state index contributed by atoms with van der Waals surface area (Å²) in [5.74, 6) is 0. The number of phosphoric ester groups is 1. The number of phosphoric acid groups is 1. The largest absolute Gasteiger partial charge is 0.475 e. The van der Waals surface area contributed by atoms with E-state index in [1.54, 1.807) is 6.92 Å². The predicted octanol–water partition coefficient (Wildman–Crippen LogP) is 1.28. The number of rotatable bonds is 4. The van der Waals surface area contributed by atoms with Gasteiger partial charge in [-0.15, -0.1) is 0 Å². The summed E-state index contributed by atoms with van der Waals surface area (Å²) < 4.78 is 36.9. The Morgan fingerprint density at radius 3 is 2.79 bits per heavy atom. The predicted molar refractivity (Wildman–Crippen MR) is 102 cm³/mol. The van der Waals surface area contributed by atoms with Gasteiger partial charge in [-0.2, -0.15) is 0 Å². The van der Waals surface area contributed by atoms with Crippen molar-refractivity contribution in [2.75, 3.05) is 6.61 Å². The standard InChI is InChI=1S/C18H22N3O7P/c1-18(19)15-13(27-16(18)21-9-7-14(22)20-17(21)23)8-10-25-29(24,28-15)26-11-12-5-3-2-4-6-12/h2-7,9,13,15-16H,8,10-11,19H2,1H3,(H,20,22,23)/t13-,15-,16-,18-,29-/m1/s1. The lowest BCUT2D eigenvalue weighted by molar-refractivity contribution is -0.0271. The van der Waals surface area contributed by atoms with Gasteiger partial charge in [0.05, 0.1) is 24.9 Å². The van der Waals surface area contributed by atoms with Crippen molar-refractivity contribution in [3.8, 4) is 0 Å². The highest BCUT2D eigenvalue weighted by atomic mass is 31.2.